The predicted octanol–water partition coefficient (Wildman–Crippen LogP) is 4.48. The summed E-state index contributed by atoms with van der Waals surface area (Å²) in [5, 5.41) is 2.57. The summed E-state index contributed by atoms with van der Waals surface area (Å²) in [5.41, 5.74) is 0. The number of fused-ring (bicyclic) bond motifs is 1. The van der Waals surface area contributed by atoms with E-state index in [-0.39, 0.29) is 6.61 Å². The molecule has 3 rings (SSSR count). The number of esters is 1. The quantitative estimate of drug-likeness (QED) is 0.526. The number of halogens is 1. The van der Waals surface area contributed by atoms with Gasteiger partial charge in [0.25, 0.3) is 0 Å². The highest BCUT2D eigenvalue weighted by Gasteiger charge is 2.08. The van der Waals surface area contributed by atoms with Gasteiger partial charge in [-0.25, -0.2) is 4.79 Å². The van der Waals surface area contributed by atoms with E-state index < -0.39 is 5.97 Å². The second-order valence-electron chi connectivity index (χ2n) is 4.70. The molecule has 3 aromatic rings. The van der Waals surface area contributed by atoms with E-state index in [9.17, 15) is 4.79 Å². The van der Waals surface area contributed by atoms with E-state index in [1.54, 1.807) is 30.3 Å². The van der Waals surface area contributed by atoms with Crippen LogP contribution < -0.4 is 9.47 Å². The lowest BCUT2D eigenvalue weighted by Crippen LogP contribution is -2.17. The number of hydrogen-bond donors (Lipinski definition) is 0. The van der Waals surface area contributed by atoms with Crippen molar-refractivity contribution in [3.8, 4) is 11.5 Å². The lowest BCUT2D eigenvalue weighted by Gasteiger charge is -2.08. The normalized spacial score (nSPS) is 10.4. The topological polar surface area (TPSA) is 35.5 Å². The van der Waals surface area contributed by atoms with Gasteiger partial charge in [0, 0.05) is 0 Å². The first-order valence-electron chi connectivity index (χ1n) is 6.79. The van der Waals surface area contributed by atoms with Crippen LogP contribution in [0.2, 0.25) is 5.02 Å². The Balaban J connectivity index is 1.64. The van der Waals surface area contributed by atoms with Gasteiger partial charge in [0.15, 0.2) is 6.61 Å². The third kappa shape index (κ3) is 3.38. The molecule has 0 aliphatic carbocycles. The SMILES string of the molecule is O=C(COc1ccccc1Cl)Oc1ccc2ccccc2c1. The largest absolute Gasteiger partial charge is 0.480 e. The van der Waals surface area contributed by atoms with Crippen LogP contribution in [0.1, 0.15) is 0 Å². The number of para-hydroxylation sites is 1. The van der Waals surface area contributed by atoms with Crippen LogP contribution in [-0.2, 0) is 4.79 Å². The van der Waals surface area contributed by atoms with E-state index in [1.807, 2.05) is 36.4 Å². The number of carbonyl (C=O) groups is 1. The van der Waals surface area contributed by atoms with Crippen LogP contribution in [0, 0.1) is 0 Å². The fourth-order valence-corrected chi connectivity index (χ4v) is 2.28. The molecule has 0 unspecified atom stereocenters. The second kappa shape index (κ2) is 6.50. The maximum absolute atomic E-state index is 11.8. The van der Waals surface area contributed by atoms with Crippen LogP contribution in [0.25, 0.3) is 10.8 Å². The van der Waals surface area contributed by atoms with Crippen molar-refractivity contribution in [3.63, 3.8) is 0 Å². The molecule has 0 amide bonds. The van der Waals surface area contributed by atoms with Crippen molar-refractivity contribution in [2.24, 2.45) is 0 Å². The van der Waals surface area contributed by atoms with E-state index in [4.69, 9.17) is 21.1 Å². The van der Waals surface area contributed by atoms with Crippen molar-refractivity contribution in [1.29, 1.82) is 0 Å². The molecule has 0 saturated heterocycles. The standard InChI is InChI=1S/C18H13ClO3/c19-16-7-3-4-8-17(16)21-12-18(20)22-15-10-9-13-5-1-2-6-14(13)11-15/h1-11H,12H2. The summed E-state index contributed by atoms with van der Waals surface area (Å²) in [6.07, 6.45) is 0. The zero-order valence-electron chi connectivity index (χ0n) is 11.7. The highest BCUT2D eigenvalue weighted by atomic mass is 35.5. The highest BCUT2D eigenvalue weighted by molar-refractivity contribution is 6.32. The summed E-state index contributed by atoms with van der Waals surface area (Å²) >= 11 is 5.96. The Morgan fingerprint density at radius 3 is 2.45 bits per heavy atom. The summed E-state index contributed by atoms with van der Waals surface area (Å²) in [4.78, 5) is 11.8. The van der Waals surface area contributed by atoms with Crippen molar-refractivity contribution >= 4 is 28.3 Å². The molecule has 0 aliphatic rings. The third-order valence-corrected chi connectivity index (χ3v) is 3.45. The Morgan fingerprint density at radius 1 is 0.909 bits per heavy atom. The third-order valence-electron chi connectivity index (χ3n) is 3.13. The average Bonchev–Trinajstić information content (AvgIpc) is 2.54. The molecule has 0 atom stereocenters. The molecule has 3 nitrogen and oxygen atoms in total. The van der Waals surface area contributed by atoms with Gasteiger partial charge in [0.2, 0.25) is 0 Å². The number of benzene rings is 3. The zero-order chi connectivity index (χ0) is 15.4. The van der Waals surface area contributed by atoms with Crippen LogP contribution in [0.3, 0.4) is 0 Å². The summed E-state index contributed by atoms with van der Waals surface area (Å²) < 4.78 is 10.6. The Kier molecular flexibility index (Phi) is 4.26. The van der Waals surface area contributed by atoms with Gasteiger partial charge in [0.05, 0.1) is 5.02 Å². The molecule has 4 heteroatoms. The molecule has 0 N–H and O–H groups in total. The molecule has 0 heterocycles. The molecule has 0 fully saturated rings. The minimum absolute atomic E-state index is 0.198. The van der Waals surface area contributed by atoms with Gasteiger partial charge in [-0.05, 0) is 35.0 Å². The van der Waals surface area contributed by atoms with Crippen LogP contribution in [-0.4, -0.2) is 12.6 Å². The molecular formula is C18H13ClO3. The number of rotatable bonds is 4. The van der Waals surface area contributed by atoms with Gasteiger partial charge >= 0.3 is 5.97 Å². The minimum Gasteiger partial charge on any atom is -0.480 e. The van der Waals surface area contributed by atoms with E-state index >= 15 is 0 Å². The number of hydrogen-bond acceptors (Lipinski definition) is 3. The predicted molar refractivity (Wildman–Crippen MR) is 86.5 cm³/mol. The zero-order valence-corrected chi connectivity index (χ0v) is 12.4. The lowest BCUT2D eigenvalue weighted by molar-refractivity contribution is -0.136. The molecule has 110 valence electrons. The van der Waals surface area contributed by atoms with E-state index in [2.05, 4.69) is 0 Å². The van der Waals surface area contributed by atoms with Crippen molar-refractivity contribution in [2.45, 2.75) is 0 Å². The summed E-state index contributed by atoms with van der Waals surface area (Å²) in [5.74, 6) is 0.473. The van der Waals surface area contributed by atoms with E-state index in [0.717, 1.165) is 10.8 Å². The first kappa shape index (κ1) is 14.4. The first-order chi connectivity index (χ1) is 10.7. The molecular weight excluding hydrogens is 300 g/mol. The number of ether oxygens (including phenoxy) is 2. The minimum atomic E-state index is -0.477. The molecule has 0 aromatic heterocycles. The molecule has 3 aromatic carbocycles. The summed E-state index contributed by atoms with van der Waals surface area (Å²) in [7, 11) is 0. The molecule has 0 radical (unpaired) electrons. The van der Waals surface area contributed by atoms with Crippen molar-refractivity contribution < 1.29 is 14.3 Å². The van der Waals surface area contributed by atoms with Crippen LogP contribution in [0.15, 0.2) is 66.7 Å². The molecule has 0 bridgehead atoms. The van der Waals surface area contributed by atoms with Gasteiger partial charge in [-0.2, -0.15) is 0 Å². The van der Waals surface area contributed by atoms with Gasteiger partial charge in [-0.15, -0.1) is 0 Å². The smallest absolute Gasteiger partial charge is 0.349 e. The first-order valence-corrected chi connectivity index (χ1v) is 7.17. The molecule has 0 saturated carbocycles. The highest BCUT2D eigenvalue weighted by Crippen LogP contribution is 2.23. The average molecular weight is 313 g/mol. The maximum atomic E-state index is 11.8. The molecule has 0 spiro atoms. The molecule has 0 aliphatic heterocycles. The maximum Gasteiger partial charge on any atom is 0.349 e. The molecule has 22 heavy (non-hydrogen) atoms. The lowest BCUT2D eigenvalue weighted by atomic mass is 10.1. The van der Waals surface area contributed by atoms with Crippen LogP contribution in [0.4, 0.5) is 0 Å². The van der Waals surface area contributed by atoms with Crippen LogP contribution >= 0.6 is 11.6 Å². The Bertz CT molecular complexity index is 814. The van der Waals surface area contributed by atoms with Gasteiger partial charge in [0.1, 0.15) is 11.5 Å². The fraction of sp³-hybridized carbons (Fsp3) is 0.0556. The van der Waals surface area contributed by atoms with Crippen molar-refractivity contribution in [3.05, 3.63) is 71.8 Å². The van der Waals surface area contributed by atoms with Crippen molar-refractivity contribution in [2.75, 3.05) is 6.61 Å². The van der Waals surface area contributed by atoms with E-state index in [0.29, 0.717) is 16.5 Å². The van der Waals surface area contributed by atoms with Crippen LogP contribution in [0.5, 0.6) is 11.5 Å². The van der Waals surface area contributed by atoms with Gasteiger partial charge in [-0.1, -0.05) is 54.1 Å². The Labute approximate surface area is 133 Å². The number of carbonyl (C=O) groups excluding carboxylic acids is 1. The fourth-order valence-electron chi connectivity index (χ4n) is 2.09. The second-order valence-corrected chi connectivity index (χ2v) is 5.11. The van der Waals surface area contributed by atoms with E-state index in [1.165, 1.54) is 0 Å². The van der Waals surface area contributed by atoms with Crippen molar-refractivity contribution in [1.82, 2.24) is 0 Å². The Hall–Kier alpha value is -2.52. The summed E-state index contributed by atoms with van der Waals surface area (Å²) in [6.45, 7) is -0.198. The van der Waals surface area contributed by atoms with Gasteiger partial charge in [-0.3, -0.25) is 0 Å². The Morgan fingerprint density at radius 2 is 1.64 bits per heavy atom. The van der Waals surface area contributed by atoms with Gasteiger partial charge < -0.3 is 9.47 Å². The monoisotopic (exact) mass is 312 g/mol. The summed E-state index contributed by atoms with van der Waals surface area (Å²) in [6, 6.07) is 20.3.